The van der Waals surface area contributed by atoms with E-state index < -0.39 is 55.9 Å². The van der Waals surface area contributed by atoms with Crippen molar-refractivity contribution in [3.05, 3.63) is 60.2 Å². The molecule has 6 N–H and O–H groups in total. The van der Waals surface area contributed by atoms with Gasteiger partial charge in [-0.15, -0.1) is 0 Å². The van der Waals surface area contributed by atoms with E-state index in [4.69, 9.17) is 5.11 Å². The molecule has 0 radical (unpaired) electrons. The molecule has 6 amide bonds. The minimum absolute atomic E-state index is 0.00671. The number of likely N-dealkylation sites (tertiary alicyclic amines) is 1. The van der Waals surface area contributed by atoms with E-state index in [2.05, 4.69) is 50.5 Å². The van der Waals surface area contributed by atoms with Crippen LogP contribution in [0.5, 0.6) is 0 Å². The van der Waals surface area contributed by atoms with E-state index in [9.17, 15) is 28.8 Å². The lowest BCUT2D eigenvalue weighted by molar-refractivity contribution is -0.137. The highest BCUT2D eigenvalue weighted by atomic mass is 16.4. The Morgan fingerprint density at radius 1 is 0.822 bits per heavy atom. The zero-order valence-corrected chi connectivity index (χ0v) is 25.5. The molecule has 0 bridgehead atoms. The molecule has 2 aromatic rings. The first-order valence-electron chi connectivity index (χ1n) is 14.8. The monoisotopic (exact) mass is 623 g/mol. The first kappa shape index (κ1) is 34.5. The maximum absolute atomic E-state index is 13.1. The molecule has 1 saturated heterocycles. The fourth-order valence-corrected chi connectivity index (χ4v) is 4.99. The third-order valence-electron chi connectivity index (χ3n) is 7.39. The van der Waals surface area contributed by atoms with Crippen LogP contribution in [0.1, 0.15) is 44.7 Å². The number of anilines is 2. The highest BCUT2D eigenvalue weighted by Gasteiger charge is 2.30. The summed E-state index contributed by atoms with van der Waals surface area (Å²) in [5, 5.41) is 20.2. The van der Waals surface area contributed by atoms with Crippen molar-refractivity contribution >= 4 is 47.0 Å². The lowest BCUT2D eigenvalue weighted by Gasteiger charge is -2.41. The van der Waals surface area contributed by atoms with E-state index >= 15 is 0 Å². The van der Waals surface area contributed by atoms with Gasteiger partial charge in [0.1, 0.15) is 6.54 Å². The SMILES string of the molecule is CCC(=O)N(c1cccc(NC(=O)NCC(=O)NCC(=O)NCC(=O)NCC(=O)O)c1)C1CCN(C(C)c2ccccc2)CC1. The van der Waals surface area contributed by atoms with Gasteiger partial charge in [0.05, 0.1) is 19.6 Å². The third kappa shape index (κ3) is 11.2. The Morgan fingerprint density at radius 2 is 1.40 bits per heavy atom. The van der Waals surface area contributed by atoms with Crippen LogP contribution in [-0.4, -0.2) is 90.9 Å². The summed E-state index contributed by atoms with van der Waals surface area (Å²) >= 11 is 0. The van der Waals surface area contributed by atoms with E-state index in [1.807, 2.05) is 36.1 Å². The summed E-state index contributed by atoms with van der Waals surface area (Å²) in [6.07, 6.45) is 1.96. The Bertz CT molecular complexity index is 1350. The van der Waals surface area contributed by atoms with Crippen LogP contribution in [0.25, 0.3) is 0 Å². The molecular formula is C31H41N7O7. The Morgan fingerprint density at radius 3 is 1.98 bits per heavy atom. The van der Waals surface area contributed by atoms with E-state index in [1.165, 1.54) is 5.56 Å². The fraction of sp³-hybridized carbons (Fsp3) is 0.419. The van der Waals surface area contributed by atoms with Gasteiger partial charge in [-0.3, -0.25) is 28.9 Å². The first-order valence-corrected chi connectivity index (χ1v) is 14.8. The van der Waals surface area contributed by atoms with Crippen molar-refractivity contribution in [1.29, 1.82) is 0 Å². The average Bonchev–Trinajstić information content (AvgIpc) is 3.05. The molecule has 45 heavy (non-hydrogen) atoms. The number of carboxylic acid groups (broad SMARTS) is 1. The molecule has 1 fully saturated rings. The van der Waals surface area contributed by atoms with Gasteiger partial charge in [-0.25, -0.2) is 4.79 Å². The van der Waals surface area contributed by atoms with E-state index in [1.54, 1.807) is 18.2 Å². The maximum atomic E-state index is 13.1. The van der Waals surface area contributed by atoms with Gasteiger partial charge in [0.15, 0.2) is 0 Å². The Balaban J connectivity index is 1.47. The number of piperidine rings is 1. The Hall–Kier alpha value is -4.98. The van der Waals surface area contributed by atoms with Gasteiger partial charge in [0.25, 0.3) is 0 Å². The van der Waals surface area contributed by atoms with Crippen molar-refractivity contribution < 1.29 is 33.9 Å². The van der Waals surface area contributed by atoms with Crippen molar-refractivity contribution in [3.8, 4) is 0 Å². The molecule has 14 heteroatoms. The second-order valence-electron chi connectivity index (χ2n) is 10.6. The lowest BCUT2D eigenvalue weighted by atomic mass is 9.98. The second-order valence-corrected chi connectivity index (χ2v) is 10.6. The molecule has 1 aliphatic rings. The van der Waals surface area contributed by atoms with Gasteiger partial charge in [-0.05, 0) is 43.5 Å². The first-order chi connectivity index (χ1) is 21.6. The van der Waals surface area contributed by atoms with Crippen LogP contribution >= 0.6 is 0 Å². The van der Waals surface area contributed by atoms with Gasteiger partial charge < -0.3 is 36.6 Å². The summed E-state index contributed by atoms with van der Waals surface area (Å²) in [7, 11) is 0. The highest BCUT2D eigenvalue weighted by molar-refractivity contribution is 5.96. The number of hydrogen-bond acceptors (Lipinski definition) is 7. The topological polar surface area (TPSA) is 189 Å². The van der Waals surface area contributed by atoms with Crippen molar-refractivity contribution in [2.45, 2.75) is 45.2 Å². The number of aliphatic carboxylic acids is 1. The largest absolute Gasteiger partial charge is 0.480 e. The van der Waals surface area contributed by atoms with Gasteiger partial charge >= 0.3 is 12.0 Å². The number of rotatable bonds is 14. The van der Waals surface area contributed by atoms with Crippen LogP contribution in [0, 0.1) is 0 Å². The molecule has 14 nitrogen and oxygen atoms in total. The third-order valence-corrected chi connectivity index (χ3v) is 7.39. The average molecular weight is 624 g/mol. The minimum Gasteiger partial charge on any atom is -0.480 e. The summed E-state index contributed by atoms with van der Waals surface area (Å²) in [5.41, 5.74) is 2.37. The molecule has 0 saturated carbocycles. The van der Waals surface area contributed by atoms with Crippen LogP contribution in [-0.2, 0) is 24.0 Å². The molecule has 1 atom stereocenters. The number of carbonyl (C=O) groups excluding carboxylic acids is 5. The van der Waals surface area contributed by atoms with Gasteiger partial charge in [-0.2, -0.15) is 0 Å². The lowest BCUT2D eigenvalue weighted by Crippen LogP contribution is -2.48. The second kappa shape index (κ2) is 17.3. The molecular weight excluding hydrogens is 582 g/mol. The van der Waals surface area contributed by atoms with Crippen molar-refractivity contribution in [2.75, 3.05) is 49.5 Å². The summed E-state index contributed by atoms with van der Waals surface area (Å²) < 4.78 is 0. The molecule has 242 valence electrons. The number of urea groups is 1. The highest BCUT2D eigenvalue weighted by Crippen LogP contribution is 2.30. The smallest absolute Gasteiger partial charge is 0.322 e. The fourth-order valence-electron chi connectivity index (χ4n) is 4.99. The molecule has 1 unspecified atom stereocenters. The number of benzene rings is 2. The van der Waals surface area contributed by atoms with Crippen LogP contribution in [0.4, 0.5) is 16.2 Å². The maximum Gasteiger partial charge on any atom is 0.322 e. The Kier molecular flexibility index (Phi) is 13.3. The number of carboxylic acids is 1. The molecule has 0 aromatic heterocycles. The van der Waals surface area contributed by atoms with Crippen LogP contribution in [0.15, 0.2) is 54.6 Å². The van der Waals surface area contributed by atoms with Crippen molar-refractivity contribution in [3.63, 3.8) is 0 Å². The van der Waals surface area contributed by atoms with Crippen LogP contribution < -0.4 is 31.5 Å². The molecule has 1 aliphatic heterocycles. The van der Waals surface area contributed by atoms with Gasteiger partial charge in [0.2, 0.25) is 23.6 Å². The summed E-state index contributed by atoms with van der Waals surface area (Å²) in [6, 6.07) is 17.0. The van der Waals surface area contributed by atoms with Crippen LogP contribution in [0.2, 0.25) is 0 Å². The van der Waals surface area contributed by atoms with E-state index in [0.29, 0.717) is 17.8 Å². The number of nitrogens with zero attached hydrogens (tertiary/aromatic N) is 2. The minimum atomic E-state index is -1.22. The molecule has 0 spiro atoms. The summed E-state index contributed by atoms with van der Waals surface area (Å²) in [4.78, 5) is 75.5. The van der Waals surface area contributed by atoms with Crippen LogP contribution in [0.3, 0.4) is 0 Å². The number of nitrogens with one attached hydrogen (secondary N) is 5. The standard InChI is InChI=1S/C31H41N7O7/c1-3-29(42)38(24-12-14-37(15-13-24)21(2)22-8-5-4-6-9-22)25-11-7-10-23(16-25)36-31(45)35-19-28(41)33-17-26(39)32-18-27(40)34-20-30(43)44/h4-11,16,21,24H,3,12-15,17-20H2,1-2H3,(H,32,39)(H,33,41)(H,34,40)(H,43,44)(H2,35,36,45). The van der Waals surface area contributed by atoms with Crippen molar-refractivity contribution in [1.82, 2.24) is 26.2 Å². The predicted octanol–water partition coefficient (Wildman–Crippen LogP) is 1.21. The van der Waals surface area contributed by atoms with Crippen molar-refractivity contribution in [2.24, 2.45) is 0 Å². The predicted molar refractivity (Wildman–Crippen MR) is 167 cm³/mol. The van der Waals surface area contributed by atoms with Gasteiger partial charge in [-0.1, -0.05) is 43.3 Å². The molecule has 1 heterocycles. The zero-order chi connectivity index (χ0) is 32.8. The normalized spacial score (nSPS) is 14.0. The summed E-state index contributed by atoms with van der Waals surface area (Å²) in [6.45, 7) is 3.83. The molecule has 3 rings (SSSR count). The zero-order valence-electron chi connectivity index (χ0n) is 25.5. The number of amides is 6. The Labute approximate surface area is 261 Å². The van der Waals surface area contributed by atoms with Gasteiger partial charge in [0, 0.05) is 43.0 Å². The van der Waals surface area contributed by atoms with E-state index in [-0.39, 0.29) is 18.0 Å². The summed E-state index contributed by atoms with van der Waals surface area (Å²) in [5.74, 6) is -3.23. The molecule has 0 aliphatic carbocycles. The number of hydrogen-bond donors (Lipinski definition) is 6. The number of carbonyl (C=O) groups is 6. The molecule has 2 aromatic carbocycles. The van der Waals surface area contributed by atoms with E-state index in [0.717, 1.165) is 25.9 Å². The quantitative estimate of drug-likeness (QED) is 0.181.